The Morgan fingerprint density at radius 1 is 1.10 bits per heavy atom. The van der Waals surface area contributed by atoms with Crippen LogP contribution in [0.25, 0.3) is 10.9 Å². The summed E-state index contributed by atoms with van der Waals surface area (Å²) in [6.07, 6.45) is 1.39. The Morgan fingerprint density at radius 3 is 2.80 bits per heavy atom. The SMILES string of the molecule is Cc1ccc(F)cc1Oc1ncnc2cc(N)ccc12. The molecule has 0 saturated heterocycles. The molecular weight excluding hydrogens is 257 g/mol. The second-order valence-corrected chi connectivity index (χ2v) is 4.47. The molecule has 5 heteroatoms. The number of nitrogens with two attached hydrogens (primary N) is 1. The van der Waals surface area contributed by atoms with Gasteiger partial charge in [-0.15, -0.1) is 0 Å². The highest BCUT2D eigenvalue weighted by Crippen LogP contribution is 2.29. The van der Waals surface area contributed by atoms with Gasteiger partial charge in [-0.25, -0.2) is 14.4 Å². The number of nitrogen functional groups attached to an aromatic ring is 1. The Hall–Kier alpha value is -2.69. The fourth-order valence-corrected chi connectivity index (χ4v) is 1.92. The summed E-state index contributed by atoms with van der Waals surface area (Å²) in [6, 6.07) is 9.65. The van der Waals surface area contributed by atoms with Crippen LogP contribution in [-0.2, 0) is 0 Å². The van der Waals surface area contributed by atoms with Crippen LogP contribution in [0.2, 0.25) is 0 Å². The van der Waals surface area contributed by atoms with E-state index in [9.17, 15) is 4.39 Å². The van der Waals surface area contributed by atoms with Gasteiger partial charge in [-0.05, 0) is 36.8 Å². The van der Waals surface area contributed by atoms with Gasteiger partial charge in [-0.3, -0.25) is 0 Å². The van der Waals surface area contributed by atoms with Gasteiger partial charge in [0.05, 0.1) is 10.9 Å². The van der Waals surface area contributed by atoms with Crippen LogP contribution in [0.3, 0.4) is 0 Å². The molecule has 0 bridgehead atoms. The molecule has 1 heterocycles. The first-order valence-corrected chi connectivity index (χ1v) is 6.08. The predicted molar refractivity (Wildman–Crippen MR) is 75.2 cm³/mol. The van der Waals surface area contributed by atoms with E-state index < -0.39 is 0 Å². The molecule has 0 fully saturated rings. The first-order valence-electron chi connectivity index (χ1n) is 6.08. The molecule has 0 aliphatic heterocycles. The molecule has 2 N–H and O–H groups in total. The van der Waals surface area contributed by atoms with Crippen LogP contribution in [-0.4, -0.2) is 9.97 Å². The highest BCUT2D eigenvalue weighted by molar-refractivity contribution is 5.86. The molecule has 0 atom stereocenters. The average Bonchev–Trinajstić information content (AvgIpc) is 2.43. The van der Waals surface area contributed by atoms with Gasteiger partial charge in [0.1, 0.15) is 17.9 Å². The normalized spacial score (nSPS) is 10.7. The summed E-state index contributed by atoms with van der Waals surface area (Å²) >= 11 is 0. The average molecular weight is 269 g/mol. The smallest absolute Gasteiger partial charge is 0.230 e. The minimum Gasteiger partial charge on any atom is -0.438 e. The number of fused-ring (bicyclic) bond motifs is 1. The molecule has 3 rings (SSSR count). The number of hydrogen-bond acceptors (Lipinski definition) is 4. The number of benzene rings is 2. The van der Waals surface area contributed by atoms with Gasteiger partial charge >= 0.3 is 0 Å². The van der Waals surface area contributed by atoms with E-state index in [1.807, 2.05) is 6.92 Å². The third-order valence-corrected chi connectivity index (χ3v) is 2.98. The van der Waals surface area contributed by atoms with Crippen molar-refractivity contribution in [1.29, 1.82) is 0 Å². The van der Waals surface area contributed by atoms with Crippen LogP contribution < -0.4 is 10.5 Å². The highest BCUT2D eigenvalue weighted by Gasteiger charge is 2.09. The van der Waals surface area contributed by atoms with Crippen molar-refractivity contribution in [2.45, 2.75) is 6.92 Å². The van der Waals surface area contributed by atoms with Crippen molar-refractivity contribution in [3.05, 3.63) is 54.1 Å². The molecule has 2 aromatic carbocycles. The number of ether oxygens (including phenoxy) is 1. The number of aromatic nitrogens is 2. The molecule has 0 saturated carbocycles. The largest absolute Gasteiger partial charge is 0.438 e. The Bertz CT molecular complexity index is 789. The molecule has 4 nitrogen and oxygen atoms in total. The molecule has 0 aliphatic rings. The topological polar surface area (TPSA) is 61.0 Å². The fourth-order valence-electron chi connectivity index (χ4n) is 1.92. The number of anilines is 1. The predicted octanol–water partition coefficient (Wildman–Crippen LogP) is 3.45. The lowest BCUT2D eigenvalue weighted by Crippen LogP contribution is -1.94. The van der Waals surface area contributed by atoms with Crippen LogP contribution >= 0.6 is 0 Å². The quantitative estimate of drug-likeness (QED) is 0.724. The van der Waals surface area contributed by atoms with Gasteiger partial charge in [0.2, 0.25) is 5.88 Å². The molecule has 3 aromatic rings. The first-order chi connectivity index (χ1) is 9.63. The van der Waals surface area contributed by atoms with Crippen LogP contribution in [0.1, 0.15) is 5.56 Å². The van der Waals surface area contributed by atoms with E-state index in [4.69, 9.17) is 10.5 Å². The molecule has 20 heavy (non-hydrogen) atoms. The number of hydrogen-bond donors (Lipinski definition) is 1. The summed E-state index contributed by atoms with van der Waals surface area (Å²) in [4.78, 5) is 8.25. The number of halogens is 1. The summed E-state index contributed by atoms with van der Waals surface area (Å²) < 4.78 is 19.0. The second-order valence-electron chi connectivity index (χ2n) is 4.47. The second kappa shape index (κ2) is 4.77. The Kier molecular flexibility index (Phi) is 2.95. The molecule has 0 unspecified atom stereocenters. The molecule has 0 radical (unpaired) electrons. The molecule has 1 aromatic heterocycles. The Balaban J connectivity index is 2.09. The van der Waals surface area contributed by atoms with E-state index in [0.717, 1.165) is 10.9 Å². The monoisotopic (exact) mass is 269 g/mol. The summed E-state index contributed by atoms with van der Waals surface area (Å²) in [7, 11) is 0. The molecular formula is C15H12FN3O. The third kappa shape index (κ3) is 2.25. The molecule has 0 spiro atoms. The van der Waals surface area contributed by atoms with Crippen molar-refractivity contribution < 1.29 is 9.13 Å². The van der Waals surface area contributed by atoms with E-state index in [-0.39, 0.29) is 5.82 Å². The third-order valence-electron chi connectivity index (χ3n) is 2.98. The van der Waals surface area contributed by atoms with Crippen LogP contribution in [0, 0.1) is 12.7 Å². The standard InChI is InChI=1S/C15H12FN3O/c1-9-2-3-10(16)6-14(9)20-15-12-5-4-11(17)7-13(12)18-8-19-15/h2-8H,17H2,1H3. The van der Waals surface area contributed by atoms with Crippen molar-refractivity contribution in [1.82, 2.24) is 9.97 Å². The van der Waals surface area contributed by atoms with Crippen molar-refractivity contribution in [3.8, 4) is 11.6 Å². The maximum atomic E-state index is 13.3. The lowest BCUT2D eigenvalue weighted by atomic mass is 10.2. The molecule has 0 amide bonds. The van der Waals surface area contributed by atoms with E-state index in [1.54, 1.807) is 24.3 Å². The Morgan fingerprint density at radius 2 is 1.95 bits per heavy atom. The van der Waals surface area contributed by atoms with Gasteiger partial charge in [0, 0.05) is 11.8 Å². The molecule has 100 valence electrons. The van der Waals surface area contributed by atoms with E-state index in [0.29, 0.717) is 22.8 Å². The lowest BCUT2D eigenvalue weighted by Gasteiger charge is -2.09. The maximum Gasteiger partial charge on any atom is 0.230 e. The van der Waals surface area contributed by atoms with Gasteiger partial charge in [-0.2, -0.15) is 0 Å². The van der Waals surface area contributed by atoms with Gasteiger partial charge in [0.25, 0.3) is 0 Å². The van der Waals surface area contributed by atoms with E-state index in [2.05, 4.69) is 9.97 Å². The van der Waals surface area contributed by atoms with Gasteiger partial charge in [-0.1, -0.05) is 6.07 Å². The summed E-state index contributed by atoms with van der Waals surface area (Å²) in [5.41, 5.74) is 7.85. The zero-order chi connectivity index (χ0) is 14.1. The van der Waals surface area contributed by atoms with E-state index >= 15 is 0 Å². The lowest BCUT2D eigenvalue weighted by molar-refractivity contribution is 0.459. The zero-order valence-electron chi connectivity index (χ0n) is 10.8. The number of nitrogens with zero attached hydrogens (tertiary/aromatic N) is 2. The highest BCUT2D eigenvalue weighted by atomic mass is 19.1. The van der Waals surface area contributed by atoms with Crippen molar-refractivity contribution in [2.24, 2.45) is 0 Å². The van der Waals surface area contributed by atoms with E-state index in [1.165, 1.54) is 18.5 Å². The summed E-state index contributed by atoms with van der Waals surface area (Å²) in [6.45, 7) is 1.84. The Labute approximate surface area is 115 Å². The maximum absolute atomic E-state index is 13.3. The van der Waals surface area contributed by atoms with Crippen molar-refractivity contribution in [3.63, 3.8) is 0 Å². The van der Waals surface area contributed by atoms with Crippen LogP contribution in [0.15, 0.2) is 42.7 Å². The van der Waals surface area contributed by atoms with Crippen molar-refractivity contribution in [2.75, 3.05) is 5.73 Å². The minimum atomic E-state index is -0.354. The van der Waals surface area contributed by atoms with Crippen LogP contribution in [0.4, 0.5) is 10.1 Å². The van der Waals surface area contributed by atoms with Crippen LogP contribution in [0.5, 0.6) is 11.6 Å². The first kappa shape index (κ1) is 12.3. The summed E-state index contributed by atoms with van der Waals surface area (Å²) in [5, 5.41) is 0.727. The zero-order valence-corrected chi connectivity index (χ0v) is 10.8. The fraction of sp³-hybridized carbons (Fsp3) is 0.0667. The number of aryl methyl sites for hydroxylation is 1. The number of rotatable bonds is 2. The van der Waals surface area contributed by atoms with Gasteiger partial charge < -0.3 is 10.5 Å². The van der Waals surface area contributed by atoms with Crippen molar-refractivity contribution >= 4 is 16.6 Å². The minimum absolute atomic E-state index is 0.354. The summed E-state index contributed by atoms with van der Waals surface area (Å²) in [5.74, 6) is 0.457. The molecule has 0 aliphatic carbocycles. The van der Waals surface area contributed by atoms with Gasteiger partial charge in [0.15, 0.2) is 0 Å².